The molecule has 1 aliphatic heterocycles. The second kappa shape index (κ2) is 8.66. The minimum Gasteiger partial charge on any atom is -0.497 e. The highest BCUT2D eigenvalue weighted by Gasteiger charge is 2.16. The van der Waals surface area contributed by atoms with E-state index in [1.54, 1.807) is 32.4 Å². The first-order chi connectivity index (χ1) is 13.1. The van der Waals surface area contributed by atoms with Gasteiger partial charge in [0.1, 0.15) is 11.5 Å². The predicted molar refractivity (Wildman–Crippen MR) is 109 cm³/mol. The fourth-order valence-electron chi connectivity index (χ4n) is 3.22. The third-order valence-electron chi connectivity index (χ3n) is 4.86. The highest BCUT2D eigenvalue weighted by Crippen LogP contribution is 2.27. The minimum absolute atomic E-state index is 0.310. The van der Waals surface area contributed by atoms with Gasteiger partial charge >= 0.3 is 6.03 Å². The van der Waals surface area contributed by atoms with E-state index in [1.165, 1.54) is 12.8 Å². The van der Waals surface area contributed by atoms with Crippen LogP contribution in [0.5, 0.6) is 11.5 Å². The first kappa shape index (κ1) is 18.9. The van der Waals surface area contributed by atoms with E-state index < -0.39 is 0 Å². The summed E-state index contributed by atoms with van der Waals surface area (Å²) in [5, 5.41) is 5.72. The molecule has 1 heterocycles. The quantitative estimate of drug-likeness (QED) is 0.809. The van der Waals surface area contributed by atoms with Gasteiger partial charge in [-0.15, -0.1) is 0 Å². The van der Waals surface area contributed by atoms with E-state index in [-0.39, 0.29) is 6.03 Å². The van der Waals surface area contributed by atoms with Crippen molar-refractivity contribution in [1.29, 1.82) is 0 Å². The zero-order chi connectivity index (χ0) is 19.2. The number of nitrogens with zero attached hydrogens (tertiary/aromatic N) is 1. The molecule has 6 heteroatoms. The van der Waals surface area contributed by atoms with Gasteiger partial charge < -0.3 is 25.0 Å². The van der Waals surface area contributed by atoms with Gasteiger partial charge in [-0.1, -0.05) is 13.0 Å². The van der Waals surface area contributed by atoms with Crippen molar-refractivity contribution >= 4 is 23.1 Å². The van der Waals surface area contributed by atoms with Crippen molar-refractivity contribution in [2.75, 3.05) is 42.8 Å². The molecule has 0 bridgehead atoms. The summed E-state index contributed by atoms with van der Waals surface area (Å²) in [7, 11) is 3.15. The number of ether oxygens (including phenoxy) is 2. The van der Waals surface area contributed by atoms with Crippen LogP contribution in [0.3, 0.4) is 0 Å². The van der Waals surface area contributed by atoms with E-state index in [0.29, 0.717) is 17.2 Å². The zero-order valence-electron chi connectivity index (χ0n) is 16.1. The molecule has 144 valence electrons. The van der Waals surface area contributed by atoms with Crippen molar-refractivity contribution in [3.8, 4) is 11.5 Å². The van der Waals surface area contributed by atoms with Gasteiger partial charge in [0.05, 0.1) is 14.2 Å². The molecule has 0 unspecified atom stereocenters. The van der Waals surface area contributed by atoms with Crippen LogP contribution in [-0.4, -0.2) is 33.3 Å². The summed E-state index contributed by atoms with van der Waals surface area (Å²) in [5.41, 5.74) is 2.51. The Morgan fingerprint density at radius 1 is 0.963 bits per heavy atom. The van der Waals surface area contributed by atoms with E-state index in [9.17, 15) is 4.79 Å². The largest absolute Gasteiger partial charge is 0.497 e. The van der Waals surface area contributed by atoms with E-state index >= 15 is 0 Å². The van der Waals surface area contributed by atoms with Crippen molar-refractivity contribution in [2.24, 2.45) is 5.92 Å². The zero-order valence-corrected chi connectivity index (χ0v) is 16.1. The lowest BCUT2D eigenvalue weighted by atomic mass is 9.99. The second-order valence-electron chi connectivity index (χ2n) is 6.90. The molecular formula is C21H27N3O3. The Hall–Kier alpha value is -2.89. The molecule has 6 nitrogen and oxygen atoms in total. The third-order valence-corrected chi connectivity index (χ3v) is 4.86. The van der Waals surface area contributed by atoms with Gasteiger partial charge in [0.25, 0.3) is 0 Å². The van der Waals surface area contributed by atoms with E-state index in [4.69, 9.17) is 9.47 Å². The average Bonchev–Trinajstić information content (AvgIpc) is 2.68. The third kappa shape index (κ3) is 5.06. The van der Waals surface area contributed by atoms with Crippen molar-refractivity contribution in [3.63, 3.8) is 0 Å². The Morgan fingerprint density at radius 3 is 2.22 bits per heavy atom. The molecule has 0 spiro atoms. The van der Waals surface area contributed by atoms with Crippen LogP contribution < -0.4 is 25.0 Å². The second-order valence-corrected chi connectivity index (χ2v) is 6.90. The van der Waals surface area contributed by atoms with Crippen LogP contribution in [0, 0.1) is 5.92 Å². The van der Waals surface area contributed by atoms with Gasteiger partial charge in [-0.25, -0.2) is 4.79 Å². The number of urea groups is 1. The Labute approximate surface area is 160 Å². The molecule has 1 saturated heterocycles. The molecule has 2 aromatic carbocycles. The van der Waals surface area contributed by atoms with Gasteiger partial charge in [0.15, 0.2) is 0 Å². The number of amides is 2. The minimum atomic E-state index is -0.310. The standard InChI is InChI=1S/C21H27N3O3/c1-15-7-9-24(10-8-15)18-6-4-5-16(11-18)22-21(25)23-17-12-19(26-2)14-20(13-17)27-3/h4-6,11-15H,7-10H2,1-3H3,(H2,22,23,25). The summed E-state index contributed by atoms with van der Waals surface area (Å²) < 4.78 is 10.5. The van der Waals surface area contributed by atoms with Gasteiger partial charge in [0, 0.05) is 48.4 Å². The molecule has 0 atom stereocenters. The first-order valence-electron chi connectivity index (χ1n) is 9.23. The normalized spacial score (nSPS) is 14.6. The van der Waals surface area contributed by atoms with Gasteiger partial charge in [0.2, 0.25) is 0 Å². The van der Waals surface area contributed by atoms with Crippen LogP contribution in [0.15, 0.2) is 42.5 Å². The summed E-state index contributed by atoms with van der Waals surface area (Å²) in [4.78, 5) is 14.8. The molecule has 1 fully saturated rings. The van der Waals surface area contributed by atoms with Gasteiger partial charge in [-0.2, -0.15) is 0 Å². The SMILES string of the molecule is COc1cc(NC(=O)Nc2cccc(N3CCC(C)CC3)c2)cc(OC)c1. The number of carbonyl (C=O) groups is 1. The van der Waals surface area contributed by atoms with E-state index in [2.05, 4.69) is 28.5 Å². The predicted octanol–water partition coefficient (Wildman–Crippen LogP) is 4.58. The van der Waals surface area contributed by atoms with Crippen molar-refractivity contribution in [1.82, 2.24) is 0 Å². The molecule has 2 amide bonds. The maximum Gasteiger partial charge on any atom is 0.323 e. The molecule has 1 aliphatic rings. The first-order valence-corrected chi connectivity index (χ1v) is 9.23. The number of nitrogens with one attached hydrogen (secondary N) is 2. The Morgan fingerprint density at radius 2 is 1.59 bits per heavy atom. The molecule has 0 radical (unpaired) electrons. The Kier molecular flexibility index (Phi) is 6.06. The maximum absolute atomic E-state index is 12.4. The van der Waals surface area contributed by atoms with Crippen LogP contribution in [0.25, 0.3) is 0 Å². The summed E-state index contributed by atoms with van der Waals surface area (Å²) in [6.07, 6.45) is 2.41. The Bertz CT molecular complexity index is 764. The number of hydrogen-bond donors (Lipinski definition) is 2. The molecule has 0 saturated carbocycles. The summed E-state index contributed by atoms with van der Waals surface area (Å²) in [6, 6.07) is 12.9. The fraction of sp³-hybridized carbons (Fsp3) is 0.381. The number of benzene rings is 2. The van der Waals surface area contributed by atoms with Crippen LogP contribution in [0.2, 0.25) is 0 Å². The molecule has 27 heavy (non-hydrogen) atoms. The van der Waals surface area contributed by atoms with E-state index in [0.717, 1.165) is 30.4 Å². The summed E-state index contributed by atoms with van der Waals surface area (Å²) in [6.45, 7) is 4.41. The molecule has 2 N–H and O–H groups in total. The van der Waals surface area contributed by atoms with Crippen LogP contribution >= 0.6 is 0 Å². The lowest BCUT2D eigenvalue weighted by Crippen LogP contribution is -2.32. The molecule has 0 aliphatic carbocycles. The Balaban J connectivity index is 1.65. The van der Waals surface area contributed by atoms with Crippen molar-refractivity contribution in [3.05, 3.63) is 42.5 Å². The monoisotopic (exact) mass is 369 g/mol. The number of rotatable bonds is 5. The molecular weight excluding hydrogens is 342 g/mol. The topological polar surface area (TPSA) is 62.8 Å². The summed E-state index contributed by atoms with van der Waals surface area (Å²) >= 11 is 0. The molecule has 0 aromatic heterocycles. The fourth-order valence-corrected chi connectivity index (χ4v) is 3.22. The summed E-state index contributed by atoms with van der Waals surface area (Å²) in [5.74, 6) is 2.02. The van der Waals surface area contributed by atoms with Crippen molar-refractivity contribution < 1.29 is 14.3 Å². The number of carbonyl (C=O) groups excluding carboxylic acids is 1. The van der Waals surface area contributed by atoms with Gasteiger partial charge in [-0.05, 0) is 37.0 Å². The average molecular weight is 369 g/mol. The van der Waals surface area contributed by atoms with Crippen molar-refractivity contribution in [2.45, 2.75) is 19.8 Å². The highest BCUT2D eigenvalue weighted by atomic mass is 16.5. The smallest absolute Gasteiger partial charge is 0.323 e. The highest BCUT2D eigenvalue weighted by molar-refractivity contribution is 6.00. The van der Waals surface area contributed by atoms with Crippen LogP contribution in [0.4, 0.5) is 21.9 Å². The van der Waals surface area contributed by atoms with Crippen LogP contribution in [-0.2, 0) is 0 Å². The lowest BCUT2D eigenvalue weighted by molar-refractivity contribution is 0.262. The number of methoxy groups -OCH3 is 2. The van der Waals surface area contributed by atoms with E-state index in [1.807, 2.05) is 18.2 Å². The maximum atomic E-state index is 12.4. The van der Waals surface area contributed by atoms with Crippen LogP contribution in [0.1, 0.15) is 19.8 Å². The number of hydrogen-bond acceptors (Lipinski definition) is 4. The number of anilines is 3. The number of piperidine rings is 1. The molecule has 3 rings (SSSR count). The van der Waals surface area contributed by atoms with Gasteiger partial charge in [-0.3, -0.25) is 0 Å². The molecule has 2 aromatic rings. The lowest BCUT2D eigenvalue weighted by Gasteiger charge is -2.32.